The number of fused-ring (bicyclic) bond motifs is 1. The smallest absolute Gasteiger partial charge is 0.243 e. The van der Waals surface area contributed by atoms with Gasteiger partial charge in [0.1, 0.15) is 5.75 Å². The van der Waals surface area contributed by atoms with Crippen LogP contribution in [0.5, 0.6) is 5.75 Å². The van der Waals surface area contributed by atoms with Gasteiger partial charge in [-0.3, -0.25) is 0 Å². The molecule has 5 nitrogen and oxygen atoms in total. The van der Waals surface area contributed by atoms with E-state index in [0.717, 1.165) is 36.9 Å². The molecule has 2 aromatic rings. The zero-order chi connectivity index (χ0) is 13.4. The van der Waals surface area contributed by atoms with E-state index in [4.69, 9.17) is 9.26 Å². The number of nitrogens with one attached hydrogen (secondary N) is 1. The number of aromatic nitrogens is 2. The highest BCUT2D eigenvalue weighted by atomic mass is 16.5. The van der Waals surface area contributed by atoms with Crippen LogP contribution in [0.1, 0.15) is 42.1 Å². The highest BCUT2D eigenvalue weighted by Crippen LogP contribution is 2.31. The molecule has 1 fully saturated rings. The maximum atomic E-state index is 5.79. The molecule has 1 aromatic heterocycles. The monoisotopic (exact) mass is 271 g/mol. The Balaban J connectivity index is 1.54. The Bertz CT molecular complexity index is 605. The SMILES string of the molecule is c1ccc2c(c1)CC(c1noc([C@@H]3CCCN3)n1)CO2. The average molecular weight is 271 g/mol. The minimum Gasteiger partial charge on any atom is -0.493 e. The number of benzene rings is 1. The van der Waals surface area contributed by atoms with Gasteiger partial charge in [0.2, 0.25) is 5.89 Å². The van der Waals surface area contributed by atoms with Gasteiger partial charge in [0.05, 0.1) is 18.6 Å². The van der Waals surface area contributed by atoms with Crippen molar-refractivity contribution < 1.29 is 9.26 Å². The van der Waals surface area contributed by atoms with Crippen molar-refractivity contribution in [1.82, 2.24) is 15.5 Å². The van der Waals surface area contributed by atoms with Crippen molar-refractivity contribution in [3.63, 3.8) is 0 Å². The van der Waals surface area contributed by atoms with Crippen LogP contribution in [0.3, 0.4) is 0 Å². The van der Waals surface area contributed by atoms with E-state index in [1.165, 1.54) is 12.0 Å². The number of ether oxygens (including phenoxy) is 1. The lowest BCUT2D eigenvalue weighted by Crippen LogP contribution is -2.20. The van der Waals surface area contributed by atoms with E-state index < -0.39 is 0 Å². The molecule has 1 N–H and O–H groups in total. The molecule has 0 amide bonds. The molecule has 0 bridgehead atoms. The second-order valence-corrected chi connectivity index (χ2v) is 5.46. The molecule has 2 aliphatic rings. The summed E-state index contributed by atoms with van der Waals surface area (Å²) < 4.78 is 11.2. The highest BCUT2D eigenvalue weighted by molar-refractivity contribution is 5.36. The molecule has 0 aliphatic carbocycles. The minimum absolute atomic E-state index is 0.184. The van der Waals surface area contributed by atoms with Crippen LogP contribution in [0.25, 0.3) is 0 Å². The fraction of sp³-hybridized carbons (Fsp3) is 0.467. The van der Waals surface area contributed by atoms with Crippen LogP contribution in [0.4, 0.5) is 0 Å². The molecule has 20 heavy (non-hydrogen) atoms. The summed E-state index contributed by atoms with van der Waals surface area (Å²) in [5.41, 5.74) is 1.22. The summed E-state index contributed by atoms with van der Waals surface area (Å²) in [7, 11) is 0. The van der Waals surface area contributed by atoms with Gasteiger partial charge in [-0.15, -0.1) is 0 Å². The van der Waals surface area contributed by atoms with Crippen molar-refractivity contribution in [3.05, 3.63) is 41.5 Å². The zero-order valence-corrected chi connectivity index (χ0v) is 11.2. The zero-order valence-electron chi connectivity index (χ0n) is 11.2. The van der Waals surface area contributed by atoms with Crippen molar-refractivity contribution in [2.24, 2.45) is 0 Å². The van der Waals surface area contributed by atoms with Crippen LogP contribution in [-0.2, 0) is 6.42 Å². The van der Waals surface area contributed by atoms with E-state index >= 15 is 0 Å². The van der Waals surface area contributed by atoms with E-state index in [-0.39, 0.29) is 12.0 Å². The Hall–Kier alpha value is -1.88. The molecule has 2 aliphatic heterocycles. The molecule has 0 saturated carbocycles. The summed E-state index contributed by atoms with van der Waals surface area (Å²) in [5.74, 6) is 2.65. The predicted molar refractivity (Wildman–Crippen MR) is 72.7 cm³/mol. The fourth-order valence-corrected chi connectivity index (χ4v) is 2.94. The Kier molecular flexibility index (Phi) is 2.92. The van der Waals surface area contributed by atoms with Crippen LogP contribution in [0.15, 0.2) is 28.8 Å². The molecule has 2 atom stereocenters. The number of para-hydroxylation sites is 1. The van der Waals surface area contributed by atoms with Crippen LogP contribution in [-0.4, -0.2) is 23.3 Å². The summed E-state index contributed by atoms with van der Waals surface area (Å²) in [6, 6.07) is 8.37. The first-order valence-corrected chi connectivity index (χ1v) is 7.18. The first-order chi connectivity index (χ1) is 9.90. The third-order valence-corrected chi connectivity index (χ3v) is 4.06. The van der Waals surface area contributed by atoms with Gasteiger partial charge in [-0.25, -0.2) is 0 Å². The highest BCUT2D eigenvalue weighted by Gasteiger charge is 2.28. The summed E-state index contributed by atoms with van der Waals surface area (Å²) >= 11 is 0. The Morgan fingerprint density at radius 3 is 3.10 bits per heavy atom. The van der Waals surface area contributed by atoms with Gasteiger partial charge in [0, 0.05) is 0 Å². The first kappa shape index (κ1) is 11.9. The average Bonchev–Trinajstić information content (AvgIpc) is 3.17. The fourth-order valence-electron chi connectivity index (χ4n) is 2.94. The first-order valence-electron chi connectivity index (χ1n) is 7.18. The molecular weight excluding hydrogens is 254 g/mol. The maximum Gasteiger partial charge on any atom is 0.243 e. The Morgan fingerprint density at radius 2 is 2.20 bits per heavy atom. The number of rotatable bonds is 2. The molecule has 104 valence electrons. The summed E-state index contributed by atoms with van der Waals surface area (Å²) in [4.78, 5) is 4.57. The number of nitrogens with zero attached hydrogens (tertiary/aromatic N) is 2. The van der Waals surface area contributed by atoms with Crippen molar-refractivity contribution in [2.75, 3.05) is 13.2 Å². The van der Waals surface area contributed by atoms with Gasteiger partial charge in [0.15, 0.2) is 5.82 Å². The second-order valence-electron chi connectivity index (χ2n) is 5.46. The van der Waals surface area contributed by atoms with Gasteiger partial charge in [-0.05, 0) is 37.4 Å². The van der Waals surface area contributed by atoms with Crippen molar-refractivity contribution >= 4 is 0 Å². The lowest BCUT2D eigenvalue weighted by atomic mass is 9.96. The van der Waals surface area contributed by atoms with Gasteiger partial charge < -0.3 is 14.6 Å². The molecule has 5 heteroatoms. The van der Waals surface area contributed by atoms with Gasteiger partial charge >= 0.3 is 0 Å². The van der Waals surface area contributed by atoms with E-state index in [0.29, 0.717) is 6.61 Å². The Labute approximate surface area is 117 Å². The molecule has 0 spiro atoms. The predicted octanol–water partition coefficient (Wildman–Crippen LogP) is 2.21. The van der Waals surface area contributed by atoms with Crippen LogP contribution in [0, 0.1) is 0 Å². The second kappa shape index (κ2) is 4.90. The summed E-state index contributed by atoms with van der Waals surface area (Å²) in [6.07, 6.45) is 3.15. The van der Waals surface area contributed by atoms with Crippen LogP contribution < -0.4 is 10.1 Å². The number of hydrogen-bond donors (Lipinski definition) is 1. The molecule has 3 heterocycles. The van der Waals surface area contributed by atoms with E-state index in [1.807, 2.05) is 18.2 Å². The van der Waals surface area contributed by atoms with Crippen molar-refractivity contribution in [3.8, 4) is 5.75 Å². The van der Waals surface area contributed by atoms with E-state index in [9.17, 15) is 0 Å². The topological polar surface area (TPSA) is 60.2 Å². The van der Waals surface area contributed by atoms with E-state index in [1.54, 1.807) is 0 Å². The van der Waals surface area contributed by atoms with Gasteiger partial charge in [-0.2, -0.15) is 4.98 Å². The van der Waals surface area contributed by atoms with Crippen LogP contribution >= 0.6 is 0 Å². The van der Waals surface area contributed by atoms with Gasteiger partial charge in [-0.1, -0.05) is 23.4 Å². The standard InChI is InChI=1S/C15H17N3O2/c1-2-6-13-10(4-1)8-11(9-19-13)14-17-15(20-18-14)12-5-3-7-16-12/h1-2,4,6,11-12,16H,3,5,7-9H2/t11?,12-/m0/s1. The van der Waals surface area contributed by atoms with E-state index in [2.05, 4.69) is 21.5 Å². The lowest BCUT2D eigenvalue weighted by Gasteiger charge is -2.22. The largest absolute Gasteiger partial charge is 0.493 e. The summed E-state index contributed by atoms with van der Waals surface area (Å²) in [5, 5.41) is 7.53. The molecular formula is C15H17N3O2. The normalized spacial score (nSPS) is 25.2. The molecule has 1 unspecified atom stereocenters. The molecule has 1 aromatic carbocycles. The maximum absolute atomic E-state index is 5.79. The van der Waals surface area contributed by atoms with Crippen LogP contribution in [0.2, 0.25) is 0 Å². The summed E-state index contributed by atoms with van der Waals surface area (Å²) in [6.45, 7) is 1.65. The van der Waals surface area contributed by atoms with Crippen molar-refractivity contribution in [2.45, 2.75) is 31.2 Å². The Morgan fingerprint density at radius 1 is 1.25 bits per heavy atom. The number of hydrogen-bond acceptors (Lipinski definition) is 5. The quantitative estimate of drug-likeness (QED) is 0.907. The van der Waals surface area contributed by atoms with Crippen molar-refractivity contribution in [1.29, 1.82) is 0 Å². The third kappa shape index (κ3) is 2.08. The van der Waals surface area contributed by atoms with Gasteiger partial charge in [0.25, 0.3) is 0 Å². The third-order valence-electron chi connectivity index (χ3n) is 4.06. The molecule has 4 rings (SSSR count). The molecule has 1 saturated heterocycles. The lowest BCUT2D eigenvalue weighted by molar-refractivity contribution is 0.253. The minimum atomic E-state index is 0.184. The molecule has 0 radical (unpaired) electrons.